The van der Waals surface area contributed by atoms with Crippen LogP contribution in [-0.4, -0.2) is 5.91 Å². The minimum atomic E-state index is -0.0505. The fourth-order valence-electron chi connectivity index (χ4n) is 1.91. The fourth-order valence-corrected chi connectivity index (χ4v) is 2.17. The highest BCUT2D eigenvalue weighted by atomic mass is 79.9. The number of rotatable bonds is 4. The van der Waals surface area contributed by atoms with Crippen molar-refractivity contribution in [1.82, 2.24) is 5.32 Å². The first-order chi connectivity index (χ1) is 9.56. The van der Waals surface area contributed by atoms with Gasteiger partial charge in [0.1, 0.15) is 0 Å². The molecule has 104 valence electrons. The van der Waals surface area contributed by atoms with E-state index in [1.54, 1.807) is 12.1 Å². The van der Waals surface area contributed by atoms with Gasteiger partial charge in [-0.05, 0) is 41.3 Å². The Hall–Kier alpha value is -1.61. The molecule has 20 heavy (non-hydrogen) atoms. The summed E-state index contributed by atoms with van der Waals surface area (Å²) in [6.45, 7) is 4.89. The molecule has 0 aliphatic carbocycles. The summed E-state index contributed by atoms with van der Waals surface area (Å²) in [6.07, 6.45) is 0. The van der Waals surface area contributed by atoms with Crippen molar-refractivity contribution in [3.8, 4) is 0 Å². The molecule has 0 unspecified atom stereocenters. The lowest BCUT2D eigenvalue weighted by Gasteiger charge is -2.08. The Morgan fingerprint density at radius 3 is 2.20 bits per heavy atom. The topological polar surface area (TPSA) is 29.1 Å². The van der Waals surface area contributed by atoms with Crippen LogP contribution in [0, 0.1) is 0 Å². The number of hydrogen-bond acceptors (Lipinski definition) is 1. The van der Waals surface area contributed by atoms with Crippen molar-refractivity contribution in [2.24, 2.45) is 0 Å². The van der Waals surface area contributed by atoms with E-state index in [1.165, 1.54) is 5.56 Å². The second kappa shape index (κ2) is 6.71. The van der Waals surface area contributed by atoms with E-state index < -0.39 is 0 Å². The van der Waals surface area contributed by atoms with Crippen LogP contribution in [0.15, 0.2) is 53.0 Å². The van der Waals surface area contributed by atoms with Crippen LogP contribution in [0.2, 0.25) is 0 Å². The lowest BCUT2D eigenvalue weighted by molar-refractivity contribution is 0.0951. The predicted molar refractivity (Wildman–Crippen MR) is 85.8 cm³/mol. The summed E-state index contributed by atoms with van der Waals surface area (Å²) in [7, 11) is 0. The van der Waals surface area contributed by atoms with Gasteiger partial charge < -0.3 is 5.32 Å². The van der Waals surface area contributed by atoms with E-state index in [0.29, 0.717) is 18.0 Å². The fraction of sp³-hybridized carbons (Fsp3) is 0.235. The average molecular weight is 332 g/mol. The Morgan fingerprint density at radius 2 is 1.65 bits per heavy atom. The van der Waals surface area contributed by atoms with Gasteiger partial charge in [-0.1, -0.05) is 54.0 Å². The Kier molecular flexibility index (Phi) is 4.96. The number of amides is 1. The lowest BCUT2D eigenvalue weighted by atomic mass is 10.0. The van der Waals surface area contributed by atoms with Crippen LogP contribution >= 0.6 is 15.9 Å². The minimum Gasteiger partial charge on any atom is -0.348 e. The van der Waals surface area contributed by atoms with Crippen molar-refractivity contribution in [1.29, 1.82) is 0 Å². The summed E-state index contributed by atoms with van der Waals surface area (Å²) >= 11 is 3.36. The molecule has 0 spiro atoms. The molecule has 0 radical (unpaired) electrons. The van der Waals surface area contributed by atoms with Crippen LogP contribution in [0.25, 0.3) is 0 Å². The Balaban J connectivity index is 1.94. The molecule has 0 atom stereocenters. The van der Waals surface area contributed by atoms with Gasteiger partial charge in [-0.15, -0.1) is 0 Å². The zero-order valence-electron chi connectivity index (χ0n) is 11.7. The van der Waals surface area contributed by atoms with Gasteiger partial charge in [-0.3, -0.25) is 4.79 Å². The lowest BCUT2D eigenvalue weighted by Crippen LogP contribution is -2.22. The van der Waals surface area contributed by atoms with E-state index >= 15 is 0 Å². The maximum Gasteiger partial charge on any atom is 0.251 e. The standard InChI is InChI=1S/C17H18BrNO/c1-12(2)14-5-3-13(4-6-14)11-19-17(20)15-7-9-16(18)10-8-15/h3-10,12H,11H2,1-2H3,(H,19,20). The summed E-state index contributed by atoms with van der Waals surface area (Å²) in [5.74, 6) is 0.479. The van der Waals surface area contributed by atoms with Crippen molar-refractivity contribution in [3.05, 3.63) is 69.7 Å². The first-order valence-corrected chi connectivity index (χ1v) is 7.48. The molecule has 2 rings (SSSR count). The number of carbonyl (C=O) groups is 1. The molecule has 0 bridgehead atoms. The zero-order chi connectivity index (χ0) is 14.5. The second-order valence-corrected chi connectivity index (χ2v) is 6.00. The highest BCUT2D eigenvalue weighted by molar-refractivity contribution is 9.10. The molecule has 0 aliphatic heterocycles. The third-order valence-electron chi connectivity index (χ3n) is 3.21. The SMILES string of the molecule is CC(C)c1ccc(CNC(=O)c2ccc(Br)cc2)cc1. The third-order valence-corrected chi connectivity index (χ3v) is 3.73. The second-order valence-electron chi connectivity index (χ2n) is 5.09. The molecule has 1 N–H and O–H groups in total. The monoisotopic (exact) mass is 331 g/mol. The molecule has 0 aliphatic rings. The van der Waals surface area contributed by atoms with E-state index in [1.807, 2.05) is 12.1 Å². The van der Waals surface area contributed by atoms with Gasteiger partial charge >= 0.3 is 0 Å². The molecule has 0 fully saturated rings. The van der Waals surface area contributed by atoms with E-state index in [-0.39, 0.29) is 5.91 Å². The molecule has 1 amide bonds. The van der Waals surface area contributed by atoms with Crippen LogP contribution in [0.1, 0.15) is 41.3 Å². The molecule has 0 heterocycles. The molecule has 3 heteroatoms. The summed E-state index contributed by atoms with van der Waals surface area (Å²) in [5, 5.41) is 2.93. The van der Waals surface area contributed by atoms with Gasteiger partial charge in [0, 0.05) is 16.6 Å². The van der Waals surface area contributed by atoms with Crippen molar-refractivity contribution >= 4 is 21.8 Å². The molecule has 0 saturated carbocycles. The smallest absolute Gasteiger partial charge is 0.251 e. The van der Waals surface area contributed by atoms with Crippen LogP contribution in [0.5, 0.6) is 0 Å². The first kappa shape index (κ1) is 14.8. The van der Waals surface area contributed by atoms with Gasteiger partial charge in [0.25, 0.3) is 5.91 Å². The zero-order valence-corrected chi connectivity index (χ0v) is 13.3. The van der Waals surface area contributed by atoms with Crippen LogP contribution in [-0.2, 0) is 6.54 Å². The Bertz CT molecular complexity index is 573. The van der Waals surface area contributed by atoms with Crippen molar-refractivity contribution in [3.63, 3.8) is 0 Å². The van der Waals surface area contributed by atoms with Gasteiger partial charge in [0.2, 0.25) is 0 Å². The molecule has 2 nitrogen and oxygen atoms in total. The number of nitrogens with one attached hydrogen (secondary N) is 1. The van der Waals surface area contributed by atoms with E-state index in [0.717, 1.165) is 10.0 Å². The maximum absolute atomic E-state index is 12.0. The summed E-state index contributed by atoms with van der Waals surface area (Å²) in [4.78, 5) is 12.0. The number of carbonyl (C=O) groups excluding carboxylic acids is 1. The first-order valence-electron chi connectivity index (χ1n) is 6.69. The largest absolute Gasteiger partial charge is 0.348 e. The quantitative estimate of drug-likeness (QED) is 0.877. The molecule has 2 aromatic carbocycles. The van der Waals surface area contributed by atoms with Gasteiger partial charge in [0.15, 0.2) is 0 Å². The van der Waals surface area contributed by atoms with Gasteiger partial charge in [0.05, 0.1) is 0 Å². The number of halogens is 1. The van der Waals surface area contributed by atoms with Crippen LogP contribution in [0.4, 0.5) is 0 Å². The molecular formula is C17H18BrNO. The van der Waals surface area contributed by atoms with Crippen molar-refractivity contribution < 1.29 is 4.79 Å². The molecule has 0 saturated heterocycles. The summed E-state index contributed by atoms with van der Waals surface area (Å²) < 4.78 is 0.971. The number of hydrogen-bond donors (Lipinski definition) is 1. The normalized spacial score (nSPS) is 10.6. The Labute approximate surface area is 128 Å². The Morgan fingerprint density at radius 1 is 1.05 bits per heavy atom. The van der Waals surface area contributed by atoms with Crippen molar-refractivity contribution in [2.75, 3.05) is 0 Å². The molecule has 0 aromatic heterocycles. The van der Waals surface area contributed by atoms with Gasteiger partial charge in [-0.25, -0.2) is 0 Å². The van der Waals surface area contributed by atoms with Crippen molar-refractivity contribution in [2.45, 2.75) is 26.3 Å². The highest BCUT2D eigenvalue weighted by Gasteiger charge is 2.05. The molecule has 2 aromatic rings. The summed E-state index contributed by atoms with van der Waals surface area (Å²) in [5.41, 5.74) is 3.10. The average Bonchev–Trinajstić information content (AvgIpc) is 2.46. The number of benzene rings is 2. The minimum absolute atomic E-state index is 0.0505. The van der Waals surface area contributed by atoms with E-state index in [2.05, 4.69) is 59.4 Å². The van der Waals surface area contributed by atoms with E-state index in [4.69, 9.17) is 0 Å². The van der Waals surface area contributed by atoms with Crippen LogP contribution in [0.3, 0.4) is 0 Å². The third kappa shape index (κ3) is 3.94. The highest BCUT2D eigenvalue weighted by Crippen LogP contribution is 2.15. The summed E-state index contributed by atoms with van der Waals surface area (Å²) in [6, 6.07) is 15.7. The van der Waals surface area contributed by atoms with E-state index in [9.17, 15) is 4.79 Å². The predicted octanol–water partition coefficient (Wildman–Crippen LogP) is 4.50. The maximum atomic E-state index is 12.0. The molecular weight excluding hydrogens is 314 g/mol. The van der Waals surface area contributed by atoms with Gasteiger partial charge in [-0.2, -0.15) is 0 Å². The van der Waals surface area contributed by atoms with Crippen LogP contribution < -0.4 is 5.32 Å².